The minimum Gasteiger partial charge on any atom is -0.491 e. The van der Waals surface area contributed by atoms with Crippen molar-refractivity contribution in [1.29, 1.82) is 0 Å². The molecule has 0 fully saturated rings. The van der Waals surface area contributed by atoms with Gasteiger partial charge in [0.15, 0.2) is 5.76 Å². The number of fused-ring (bicyclic) bond motifs is 1. The zero-order chi connectivity index (χ0) is 21.1. The largest absolute Gasteiger partial charge is 0.491 e. The van der Waals surface area contributed by atoms with E-state index in [0.29, 0.717) is 13.2 Å². The molecule has 154 valence electrons. The number of carbonyl (C=O) groups is 1. The summed E-state index contributed by atoms with van der Waals surface area (Å²) in [7, 11) is 0. The number of aromatic nitrogens is 2. The van der Waals surface area contributed by atoms with Gasteiger partial charge in [0.05, 0.1) is 29.9 Å². The third-order valence-electron chi connectivity index (χ3n) is 5.08. The van der Waals surface area contributed by atoms with E-state index in [1.807, 2.05) is 38.1 Å². The minimum absolute atomic E-state index is 0.266. The number of nitrogens with zero attached hydrogens (tertiary/aromatic N) is 2. The van der Waals surface area contributed by atoms with Crippen LogP contribution in [0.25, 0.3) is 11.0 Å². The van der Waals surface area contributed by atoms with Crippen molar-refractivity contribution in [2.24, 2.45) is 0 Å². The van der Waals surface area contributed by atoms with Crippen molar-refractivity contribution in [1.82, 2.24) is 14.9 Å². The van der Waals surface area contributed by atoms with Crippen LogP contribution in [0, 0.1) is 13.8 Å². The highest BCUT2D eigenvalue weighted by Gasteiger charge is 2.20. The van der Waals surface area contributed by atoms with Crippen LogP contribution in [-0.2, 0) is 6.54 Å². The van der Waals surface area contributed by atoms with Crippen LogP contribution >= 0.6 is 0 Å². The molecule has 0 aliphatic carbocycles. The fraction of sp³-hybridized carbons (Fsp3) is 0.250. The predicted octanol–water partition coefficient (Wildman–Crippen LogP) is 4.82. The summed E-state index contributed by atoms with van der Waals surface area (Å²) in [5, 5.41) is 2.97. The molecule has 0 radical (unpaired) electrons. The van der Waals surface area contributed by atoms with Crippen molar-refractivity contribution in [2.45, 2.75) is 33.4 Å². The fourth-order valence-electron chi connectivity index (χ4n) is 3.51. The summed E-state index contributed by atoms with van der Waals surface area (Å²) in [6.07, 6.45) is 1.49. The van der Waals surface area contributed by atoms with Crippen LogP contribution in [0.4, 0.5) is 0 Å². The topological polar surface area (TPSA) is 69.3 Å². The number of ether oxygens (including phenoxy) is 1. The maximum atomic E-state index is 12.4. The van der Waals surface area contributed by atoms with E-state index in [2.05, 4.69) is 35.0 Å². The van der Waals surface area contributed by atoms with E-state index in [4.69, 9.17) is 14.1 Å². The average Bonchev–Trinajstić information content (AvgIpc) is 3.39. The highest BCUT2D eigenvalue weighted by atomic mass is 16.5. The van der Waals surface area contributed by atoms with Crippen LogP contribution in [0.15, 0.2) is 65.3 Å². The highest BCUT2D eigenvalue weighted by molar-refractivity contribution is 5.91. The van der Waals surface area contributed by atoms with Gasteiger partial charge in [-0.05, 0) is 62.2 Å². The Labute approximate surface area is 175 Å². The van der Waals surface area contributed by atoms with Crippen molar-refractivity contribution in [3.8, 4) is 5.75 Å². The second-order valence-electron chi connectivity index (χ2n) is 7.40. The number of rotatable bonds is 7. The molecule has 0 saturated heterocycles. The van der Waals surface area contributed by atoms with Gasteiger partial charge in [0.2, 0.25) is 0 Å². The summed E-state index contributed by atoms with van der Waals surface area (Å²) in [5.74, 6) is 1.68. The van der Waals surface area contributed by atoms with Crippen LogP contribution in [-0.4, -0.2) is 22.1 Å². The Balaban J connectivity index is 1.55. The van der Waals surface area contributed by atoms with Gasteiger partial charge in [-0.1, -0.05) is 24.3 Å². The first-order valence-electron chi connectivity index (χ1n) is 10.0. The molecule has 0 aliphatic heterocycles. The van der Waals surface area contributed by atoms with E-state index in [9.17, 15) is 4.79 Å². The molecule has 6 heteroatoms. The number of aryl methyl sites for hydroxylation is 2. The third-order valence-corrected chi connectivity index (χ3v) is 5.08. The molecule has 4 rings (SSSR count). The summed E-state index contributed by atoms with van der Waals surface area (Å²) in [6.45, 7) is 7.13. The average molecular weight is 403 g/mol. The van der Waals surface area contributed by atoms with Gasteiger partial charge in [0.25, 0.3) is 5.91 Å². The molecular formula is C24H25N3O3. The second kappa shape index (κ2) is 8.45. The number of amides is 1. The quantitative estimate of drug-likeness (QED) is 0.480. The molecule has 0 unspecified atom stereocenters. The normalized spacial score (nSPS) is 12.1. The predicted molar refractivity (Wildman–Crippen MR) is 116 cm³/mol. The Morgan fingerprint density at radius 3 is 2.80 bits per heavy atom. The number of nitrogens with one attached hydrogen (secondary N) is 1. The van der Waals surface area contributed by atoms with Crippen LogP contribution in [0.5, 0.6) is 5.75 Å². The summed E-state index contributed by atoms with van der Waals surface area (Å²) in [5.41, 5.74) is 4.17. The molecular weight excluding hydrogens is 378 g/mol. The monoisotopic (exact) mass is 403 g/mol. The first kappa shape index (κ1) is 19.8. The molecule has 4 aromatic rings. The molecule has 1 N–H and O–H groups in total. The van der Waals surface area contributed by atoms with E-state index in [1.54, 1.807) is 12.1 Å². The van der Waals surface area contributed by atoms with Gasteiger partial charge in [-0.2, -0.15) is 0 Å². The molecule has 2 aromatic heterocycles. The lowest BCUT2D eigenvalue weighted by atomic mass is 10.1. The van der Waals surface area contributed by atoms with E-state index in [1.165, 1.54) is 11.8 Å². The minimum atomic E-state index is -0.296. The summed E-state index contributed by atoms with van der Waals surface area (Å²) in [6, 6.07) is 17.2. The van der Waals surface area contributed by atoms with Gasteiger partial charge < -0.3 is 19.0 Å². The molecule has 2 aromatic carbocycles. The molecule has 1 amide bonds. The van der Waals surface area contributed by atoms with Gasteiger partial charge in [-0.25, -0.2) is 4.98 Å². The maximum Gasteiger partial charge on any atom is 0.287 e. The molecule has 0 spiro atoms. The lowest BCUT2D eigenvalue weighted by molar-refractivity contribution is 0.0909. The number of hydrogen-bond acceptors (Lipinski definition) is 4. The fourth-order valence-corrected chi connectivity index (χ4v) is 3.51. The number of imidazole rings is 1. The van der Waals surface area contributed by atoms with Gasteiger partial charge in [0.1, 0.15) is 18.2 Å². The zero-order valence-corrected chi connectivity index (χ0v) is 17.4. The van der Waals surface area contributed by atoms with E-state index in [-0.39, 0.29) is 17.7 Å². The Bertz CT molecular complexity index is 1160. The van der Waals surface area contributed by atoms with Crippen molar-refractivity contribution >= 4 is 16.9 Å². The first-order valence-corrected chi connectivity index (χ1v) is 10.0. The standard InChI is InChI=1S/C24H25N3O3/c1-16-10-11-17(2)22(15-16)30-14-12-27-20-8-5-4-7-19(20)26-23(27)18(3)25-24(28)21-9-6-13-29-21/h4-11,13,15,18H,12,14H2,1-3H3,(H,25,28)/t18-/m1/s1. The summed E-state index contributed by atoms with van der Waals surface area (Å²) in [4.78, 5) is 17.2. The second-order valence-corrected chi connectivity index (χ2v) is 7.40. The van der Waals surface area contributed by atoms with E-state index >= 15 is 0 Å². The molecule has 2 heterocycles. The first-order chi connectivity index (χ1) is 14.5. The van der Waals surface area contributed by atoms with Crippen LogP contribution < -0.4 is 10.1 Å². The van der Waals surface area contributed by atoms with Crippen molar-refractivity contribution in [3.63, 3.8) is 0 Å². The summed E-state index contributed by atoms with van der Waals surface area (Å²) >= 11 is 0. The van der Waals surface area contributed by atoms with Crippen LogP contribution in [0.3, 0.4) is 0 Å². The molecule has 30 heavy (non-hydrogen) atoms. The number of carbonyl (C=O) groups excluding carboxylic acids is 1. The SMILES string of the molecule is Cc1ccc(C)c(OCCn2c([C@@H](C)NC(=O)c3ccco3)nc3ccccc32)c1. The third kappa shape index (κ3) is 4.08. The highest BCUT2D eigenvalue weighted by Crippen LogP contribution is 2.23. The van der Waals surface area contributed by atoms with Gasteiger partial charge >= 0.3 is 0 Å². The molecule has 0 saturated carbocycles. The van der Waals surface area contributed by atoms with Crippen molar-refractivity contribution < 1.29 is 13.9 Å². The molecule has 1 atom stereocenters. The molecule has 0 aliphatic rings. The van der Waals surface area contributed by atoms with E-state index in [0.717, 1.165) is 28.2 Å². The van der Waals surface area contributed by atoms with Gasteiger partial charge in [-0.3, -0.25) is 4.79 Å². The van der Waals surface area contributed by atoms with E-state index < -0.39 is 0 Å². The number of benzene rings is 2. The van der Waals surface area contributed by atoms with Crippen LogP contribution in [0.2, 0.25) is 0 Å². The zero-order valence-electron chi connectivity index (χ0n) is 17.4. The Morgan fingerprint density at radius 1 is 1.17 bits per heavy atom. The van der Waals surface area contributed by atoms with Crippen molar-refractivity contribution in [2.75, 3.05) is 6.61 Å². The van der Waals surface area contributed by atoms with Gasteiger partial charge in [-0.15, -0.1) is 0 Å². The number of hydrogen-bond donors (Lipinski definition) is 1. The van der Waals surface area contributed by atoms with Gasteiger partial charge in [0, 0.05) is 0 Å². The van der Waals surface area contributed by atoms with Crippen molar-refractivity contribution in [3.05, 3.63) is 83.6 Å². The Hall–Kier alpha value is -3.54. The molecule has 0 bridgehead atoms. The number of furan rings is 1. The Morgan fingerprint density at radius 2 is 2.00 bits per heavy atom. The Kier molecular flexibility index (Phi) is 5.57. The smallest absolute Gasteiger partial charge is 0.287 e. The number of para-hydroxylation sites is 2. The van der Waals surface area contributed by atoms with Crippen LogP contribution in [0.1, 0.15) is 40.5 Å². The lowest BCUT2D eigenvalue weighted by Gasteiger charge is -2.17. The summed E-state index contributed by atoms with van der Waals surface area (Å²) < 4.78 is 13.4. The molecule has 6 nitrogen and oxygen atoms in total. The lowest BCUT2D eigenvalue weighted by Crippen LogP contribution is -2.29. The maximum absolute atomic E-state index is 12.4.